The minimum absolute atomic E-state index is 0.0279. The molecule has 21 heavy (non-hydrogen) atoms. The van der Waals surface area contributed by atoms with Crippen LogP contribution in [0.1, 0.15) is 28.4 Å². The van der Waals surface area contributed by atoms with Gasteiger partial charge < -0.3 is 0 Å². The van der Waals surface area contributed by atoms with Crippen molar-refractivity contribution < 1.29 is 13.2 Å². The third-order valence-electron chi connectivity index (χ3n) is 3.63. The molecule has 0 spiro atoms. The summed E-state index contributed by atoms with van der Waals surface area (Å²) in [4.78, 5) is 12.4. The van der Waals surface area contributed by atoms with Gasteiger partial charge in [0.25, 0.3) is 9.05 Å². The number of fused-ring (bicyclic) bond motifs is 3. The first-order chi connectivity index (χ1) is 9.86. The van der Waals surface area contributed by atoms with Gasteiger partial charge in [0.05, 0.1) is 9.92 Å². The number of halogens is 2. The minimum atomic E-state index is -3.93. The summed E-state index contributed by atoms with van der Waals surface area (Å²) in [5.41, 5.74) is 2.48. The lowest BCUT2D eigenvalue weighted by atomic mass is 10.0. The molecule has 0 heterocycles. The molecule has 0 aromatic heterocycles. The second kappa shape index (κ2) is 4.83. The standard InChI is InChI=1S/C15H10Cl2O3S/c1-2-8-12(21(17,19)20)7-11-9-5-3-4-6-10(9)15(18)13(11)14(8)16/h3-7H,2H2,1H3. The van der Waals surface area contributed by atoms with E-state index in [4.69, 9.17) is 22.3 Å². The lowest BCUT2D eigenvalue weighted by Gasteiger charge is -2.11. The summed E-state index contributed by atoms with van der Waals surface area (Å²) in [6.07, 6.45) is 0.372. The minimum Gasteiger partial charge on any atom is -0.289 e. The number of rotatable bonds is 2. The van der Waals surface area contributed by atoms with Crippen molar-refractivity contribution in [3.63, 3.8) is 0 Å². The van der Waals surface area contributed by atoms with E-state index in [0.29, 0.717) is 34.2 Å². The summed E-state index contributed by atoms with van der Waals surface area (Å²) in [6, 6.07) is 8.47. The molecule has 0 aliphatic heterocycles. The lowest BCUT2D eigenvalue weighted by molar-refractivity contribution is 0.104. The van der Waals surface area contributed by atoms with Gasteiger partial charge in [-0.2, -0.15) is 0 Å². The molecule has 0 amide bonds. The highest BCUT2D eigenvalue weighted by atomic mass is 35.7. The highest BCUT2D eigenvalue weighted by Gasteiger charge is 2.33. The number of carbonyl (C=O) groups is 1. The van der Waals surface area contributed by atoms with E-state index in [2.05, 4.69) is 0 Å². The number of ketones is 1. The maximum Gasteiger partial charge on any atom is 0.261 e. The van der Waals surface area contributed by atoms with Gasteiger partial charge in [-0.05, 0) is 29.2 Å². The topological polar surface area (TPSA) is 51.2 Å². The van der Waals surface area contributed by atoms with Crippen LogP contribution in [0.3, 0.4) is 0 Å². The van der Waals surface area contributed by atoms with Gasteiger partial charge in [-0.3, -0.25) is 4.79 Å². The zero-order valence-corrected chi connectivity index (χ0v) is 13.3. The average Bonchev–Trinajstić information content (AvgIpc) is 2.72. The Balaban J connectivity index is 2.45. The molecule has 6 heteroatoms. The van der Waals surface area contributed by atoms with Crippen LogP contribution >= 0.6 is 22.3 Å². The molecule has 0 fully saturated rings. The monoisotopic (exact) mass is 340 g/mol. The van der Waals surface area contributed by atoms with Crippen molar-refractivity contribution in [1.82, 2.24) is 0 Å². The van der Waals surface area contributed by atoms with Crippen LogP contribution in [-0.4, -0.2) is 14.2 Å². The maximum absolute atomic E-state index is 12.5. The normalized spacial score (nSPS) is 13.2. The molecule has 0 saturated carbocycles. The van der Waals surface area contributed by atoms with Crippen molar-refractivity contribution in [2.75, 3.05) is 0 Å². The molecule has 1 aliphatic carbocycles. The first-order valence-corrected chi connectivity index (χ1v) is 8.99. The third-order valence-corrected chi connectivity index (χ3v) is 5.44. The van der Waals surface area contributed by atoms with Crippen LogP contribution in [0.5, 0.6) is 0 Å². The first kappa shape index (κ1) is 14.6. The number of benzene rings is 2. The van der Waals surface area contributed by atoms with E-state index in [1.165, 1.54) is 6.07 Å². The van der Waals surface area contributed by atoms with Crippen LogP contribution in [0.2, 0.25) is 5.02 Å². The van der Waals surface area contributed by atoms with Crippen molar-refractivity contribution in [3.05, 3.63) is 52.0 Å². The summed E-state index contributed by atoms with van der Waals surface area (Å²) < 4.78 is 23.6. The molecular weight excluding hydrogens is 331 g/mol. The fraction of sp³-hybridized carbons (Fsp3) is 0.133. The van der Waals surface area contributed by atoms with Crippen LogP contribution in [0.25, 0.3) is 11.1 Å². The summed E-state index contributed by atoms with van der Waals surface area (Å²) in [5, 5.41) is 0.176. The Kier molecular flexibility index (Phi) is 3.35. The smallest absolute Gasteiger partial charge is 0.261 e. The molecule has 108 valence electrons. The highest BCUT2D eigenvalue weighted by Crippen LogP contribution is 2.44. The molecule has 0 bridgehead atoms. The van der Waals surface area contributed by atoms with E-state index < -0.39 is 9.05 Å². The second-order valence-corrected chi connectivity index (χ2v) is 7.67. The maximum atomic E-state index is 12.5. The Labute approximate surface area is 131 Å². The summed E-state index contributed by atoms with van der Waals surface area (Å²) >= 11 is 6.31. The molecule has 0 unspecified atom stereocenters. The van der Waals surface area contributed by atoms with Crippen LogP contribution in [-0.2, 0) is 15.5 Å². The number of hydrogen-bond donors (Lipinski definition) is 0. The average molecular weight is 341 g/mol. The van der Waals surface area contributed by atoms with Gasteiger partial charge >= 0.3 is 0 Å². The van der Waals surface area contributed by atoms with E-state index in [1.54, 1.807) is 31.2 Å². The largest absolute Gasteiger partial charge is 0.289 e. The van der Waals surface area contributed by atoms with Gasteiger partial charge in [0.2, 0.25) is 0 Å². The molecule has 0 saturated heterocycles. The van der Waals surface area contributed by atoms with Crippen molar-refractivity contribution in [1.29, 1.82) is 0 Å². The predicted molar refractivity (Wildman–Crippen MR) is 82.7 cm³/mol. The Bertz CT molecular complexity index is 886. The highest BCUT2D eigenvalue weighted by molar-refractivity contribution is 8.13. The van der Waals surface area contributed by atoms with Crippen molar-refractivity contribution in [3.8, 4) is 11.1 Å². The van der Waals surface area contributed by atoms with Gasteiger partial charge in [-0.1, -0.05) is 42.8 Å². The van der Waals surface area contributed by atoms with Crippen molar-refractivity contribution in [2.45, 2.75) is 18.2 Å². The Morgan fingerprint density at radius 3 is 2.29 bits per heavy atom. The molecule has 3 rings (SSSR count). The molecule has 1 aliphatic rings. The SMILES string of the molecule is CCc1c(S(=O)(=O)Cl)cc2c(c1Cl)C(=O)c1ccccc1-2. The van der Waals surface area contributed by atoms with Crippen LogP contribution < -0.4 is 0 Å². The number of hydrogen-bond acceptors (Lipinski definition) is 3. The third kappa shape index (κ3) is 2.09. The van der Waals surface area contributed by atoms with Crippen LogP contribution in [0.15, 0.2) is 35.2 Å². The Hall–Kier alpha value is -1.36. The van der Waals surface area contributed by atoms with Crippen LogP contribution in [0.4, 0.5) is 0 Å². The Morgan fingerprint density at radius 1 is 1.10 bits per heavy atom. The fourth-order valence-corrected chi connectivity index (χ4v) is 4.39. The van der Waals surface area contributed by atoms with Crippen molar-refractivity contribution >= 4 is 37.1 Å². The zero-order chi connectivity index (χ0) is 15.4. The zero-order valence-electron chi connectivity index (χ0n) is 11.0. The molecule has 0 radical (unpaired) electrons. The van der Waals surface area contributed by atoms with E-state index >= 15 is 0 Å². The van der Waals surface area contributed by atoms with Gasteiger partial charge in [-0.25, -0.2) is 8.42 Å². The first-order valence-electron chi connectivity index (χ1n) is 6.30. The summed E-state index contributed by atoms with van der Waals surface area (Å²) in [7, 11) is 1.58. The van der Waals surface area contributed by atoms with E-state index in [0.717, 1.165) is 0 Å². The molecule has 0 atom stereocenters. The van der Waals surface area contributed by atoms with Gasteiger partial charge in [-0.15, -0.1) is 0 Å². The molecular formula is C15H10Cl2O3S. The lowest BCUT2D eigenvalue weighted by Crippen LogP contribution is -2.04. The number of carbonyl (C=O) groups excluding carboxylic acids is 1. The molecule has 2 aromatic carbocycles. The van der Waals surface area contributed by atoms with E-state index in [9.17, 15) is 13.2 Å². The molecule has 3 nitrogen and oxygen atoms in total. The van der Waals surface area contributed by atoms with Gasteiger partial charge in [0, 0.05) is 21.8 Å². The second-order valence-electron chi connectivity index (χ2n) is 4.76. The quantitative estimate of drug-likeness (QED) is 0.661. The van der Waals surface area contributed by atoms with Crippen molar-refractivity contribution in [2.24, 2.45) is 0 Å². The summed E-state index contributed by atoms with van der Waals surface area (Å²) in [6.45, 7) is 1.77. The molecule has 0 N–H and O–H groups in total. The Morgan fingerprint density at radius 2 is 1.71 bits per heavy atom. The fourth-order valence-electron chi connectivity index (χ4n) is 2.70. The van der Waals surface area contributed by atoms with Gasteiger partial charge in [0.15, 0.2) is 5.78 Å². The van der Waals surface area contributed by atoms with E-state index in [1.807, 2.05) is 0 Å². The summed E-state index contributed by atoms with van der Waals surface area (Å²) in [5.74, 6) is -0.182. The van der Waals surface area contributed by atoms with Gasteiger partial charge in [0.1, 0.15) is 0 Å². The van der Waals surface area contributed by atoms with E-state index in [-0.39, 0.29) is 15.7 Å². The van der Waals surface area contributed by atoms with Crippen LogP contribution in [0, 0.1) is 0 Å². The predicted octanol–water partition coefficient (Wildman–Crippen LogP) is 4.04. The molecule has 2 aromatic rings.